The monoisotopic (exact) mass is 265 g/mol. The molecular weight excluding hydrogens is 238 g/mol. The van der Waals surface area contributed by atoms with Crippen LogP contribution in [0.5, 0.6) is 5.75 Å². The summed E-state index contributed by atoms with van der Waals surface area (Å²) in [4.78, 5) is 2.33. The summed E-state index contributed by atoms with van der Waals surface area (Å²) in [7, 11) is 2.15. The van der Waals surface area contributed by atoms with E-state index in [9.17, 15) is 0 Å². The van der Waals surface area contributed by atoms with Crippen molar-refractivity contribution in [3.05, 3.63) is 30.3 Å². The first kappa shape index (κ1) is 16.0. The normalized spacial score (nSPS) is 12.6. The van der Waals surface area contributed by atoms with E-state index in [4.69, 9.17) is 9.47 Å². The molecule has 1 atom stereocenters. The molecule has 0 aliphatic heterocycles. The Morgan fingerprint density at radius 2 is 1.84 bits per heavy atom. The highest BCUT2D eigenvalue weighted by atomic mass is 16.5. The number of ether oxygens (including phenoxy) is 2. The van der Waals surface area contributed by atoms with Crippen molar-refractivity contribution in [2.75, 3.05) is 40.0 Å². The summed E-state index contributed by atoms with van der Waals surface area (Å²) in [5.74, 6) is 1.66. The average Bonchev–Trinajstić information content (AvgIpc) is 2.43. The van der Waals surface area contributed by atoms with Crippen LogP contribution in [0.25, 0.3) is 0 Å². The molecule has 1 rings (SSSR count). The van der Waals surface area contributed by atoms with E-state index in [1.807, 2.05) is 30.3 Å². The van der Waals surface area contributed by atoms with Crippen LogP contribution in [-0.4, -0.2) is 44.9 Å². The number of hydrogen-bond donors (Lipinski definition) is 0. The molecule has 19 heavy (non-hydrogen) atoms. The van der Waals surface area contributed by atoms with Crippen LogP contribution < -0.4 is 4.74 Å². The summed E-state index contributed by atoms with van der Waals surface area (Å²) in [6, 6.07) is 9.84. The highest BCUT2D eigenvalue weighted by Crippen LogP contribution is 2.07. The second-order valence-corrected chi connectivity index (χ2v) is 5.05. The van der Waals surface area contributed by atoms with Crippen LogP contribution in [0.1, 0.15) is 20.3 Å². The SMILES string of the molecule is CCC(C)CN(C)CCOCCOc1ccccc1. The quantitative estimate of drug-likeness (QED) is 0.607. The van der Waals surface area contributed by atoms with Gasteiger partial charge in [-0.15, -0.1) is 0 Å². The fourth-order valence-electron chi connectivity index (χ4n) is 1.81. The molecule has 0 heterocycles. The second kappa shape index (κ2) is 9.82. The Hall–Kier alpha value is -1.06. The predicted molar refractivity (Wildman–Crippen MR) is 79.7 cm³/mol. The second-order valence-electron chi connectivity index (χ2n) is 5.05. The molecule has 0 saturated heterocycles. The molecule has 3 heteroatoms. The van der Waals surface area contributed by atoms with Gasteiger partial charge in [0.15, 0.2) is 0 Å². The number of para-hydroxylation sites is 1. The van der Waals surface area contributed by atoms with Gasteiger partial charge in [0.05, 0.1) is 13.2 Å². The van der Waals surface area contributed by atoms with E-state index in [0.717, 1.165) is 31.4 Å². The summed E-state index contributed by atoms with van der Waals surface area (Å²) in [6.07, 6.45) is 1.23. The minimum Gasteiger partial charge on any atom is -0.491 e. The molecule has 0 fully saturated rings. The van der Waals surface area contributed by atoms with E-state index in [1.165, 1.54) is 6.42 Å². The van der Waals surface area contributed by atoms with Crippen molar-refractivity contribution in [3.8, 4) is 5.75 Å². The van der Waals surface area contributed by atoms with Crippen molar-refractivity contribution in [3.63, 3.8) is 0 Å². The van der Waals surface area contributed by atoms with E-state index in [-0.39, 0.29) is 0 Å². The molecule has 0 saturated carbocycles. The van der Waals surface area contributed by atoms with Gasteiger partial charge in [-0.2, -0.15) is 0 Å². The van der Waals surface area contributed by atoms with Crippen LogP contribution in [0.15, 0.2) is 30.3 Å². The van der Waals surface area contributed by atoms with E-state index in [1.54, 1.807) is 0 Å². The first-order chi connectivity index (χ1) is 9.22. The topological polar surface area (TPSA) is 21.7 Å². The Bertz CT molecular complexity index is 316. The molecule has 1 aromatic rings. The number of nitrogens with zero attached hydrogens (tertiary/aromatic N) is 1. The molecular formula is C16H27NO2. The van der Waals surface area contributed by atoms with Crippen LogP contribution in [0, 0.1) is 5.92 Å². The Balaban J connectivity index is 1.96. The summed E-state index contributed by atoms with van der Waals surface area (Å²) in [5.41, 5.74) is 0. The summed E-state index contributed by atoms with van der Waals surface area (Å²) in [6.45, 7) is 8.66. The van der Waals surface area contributed by atoms with Crippen molar-refractivity contribution in [2.45, 2.75) is 20.3 Å². The fraction of sp³-hybridized carbons (Fsp3) is 0.625. The summed E-state index contributed by atoms with van der Waals surface area (Å²) < 4.78 is 11.1. The minimum absolute atomic E-state index is 0.610. The van der Waals surface area contributed by atoms with Gasteiger partial charge in [-0.05, 0) is 25.1 Å². The van der Waals surface area contributed by atoms with Gasteiger partial charge in [0, 0.05) is 13.1 Å². The van der Waals surface area contributed by atoms with Crippen molar-refractivity contribution in [1.29, 1.82) is 0 Å². The van der Waals surface area contributed by atoms with Crippen LogP contribution in [-0.2, 0) is 4.74 Å². The van der Waals surface area contributed by atoms with Crippen LogP contribution in [0.2, 0.25) is 0 Å². The van der Waals surface area contributed by atoms with Crippen LogP contribution in [0.4, 0.5) is 0 Å². The summed E-state index contributed by atoms with van der Waals surface area (Å²) >= 11 is 0. The smallest absolute Gasteiger partial charge is 0.119 e. The fourth-order valence-corrected chi connectivity index (χ4v) is 1.81. The lowest BCUT2D eigenvalue weighted by atomic mass is 10.1. The lowest BCUT2D eigenvalue weighted by Crippen LogP contribution is -2.28. The molecule has 0 radical (unpaired) electrons. The lowest BCUT2D eigenvalue weighted by Gasteiger charge is -2.20. The van der Waals surface area contributed by atoms with E-state index < -0.39 is 0 Å². The molecule has 3 nitrogen and oxygen atoms in total. The zero-order valence-electron chi connectivity index (χ0n) is 12.5. The highest BCUT2D eigenvalue weighted by Gasteiger charge is 2.03. The highest BCUT2D eigenvalue weighted by molar-refractivity contribution is 5.20. The number of rotatable bonds is 10. The molecule has 0 aliphatic carbocycles. The Kier molecular flexibility index (Phi) is 8.26. The number of benzene rings is 1. The van der Waals surface area contributed by atoms with Crippen molar-refractivity contribution < 1.29 is 9.47 Å². The van der Waals surface area contributed by atoms with Gasteiger partial charge in [0.2, 0.25) is 0 Å². The minimum atomic E-state index is 0.610. The van der Waals surface area contributed by atoms with Gasteiger partial charge in [-0.3, -0.25) is 0 Å². The third kappa shape index (κ3) is 7.85. The van der Waals surface area contributed by atoms with Gasteiger partial charge in [-0.25, -0.2) is 0 Å². The third-order valence-electron chi connectivity index (χ3n) is 3.18. The maximum absolute atomic E-state index is 5.57. The zero-order valence-corrected chi connectivity index (χ0v) is 12.5. The van der Waals surface area contributed by atoms with Gasteiger partial charge >= 0.3 is 0 Å². The molecule has 0 spiro atoms. The number of hydrogen-bond acceptors (Lipinski definition) is 3. The molecule has 0 bridgehead atoms. The largest absolute Gasteiger partial charge is 0.491 e. The molecule has 0 amide bonds. The summed E-state index contributed by atoms with van der Waals surface area (Å²) in [5, 5.41) is 0. The van der Waals surface area contributed by atoms with Crippen molar-refractivity contribution in [1.82, 2.24) is 4.90 Å². The maximum atomic E-state index is 5.57. The van der Waals surface area contributed by atoms with E-state index >= 15 is 0 Å². The van der Waals surface area contributed by atoms with Gasteiger partial charge in [-0.1, -0.05) is 38.5 Å². The Labute approximate surface area is 117 Å². The molecule has 1 unspecified atom stereocenters. The predicted octanol–water partition coefficient (Wildman–Crippen LogP) is 3.06. The molecule has 1 aromatic carbocycles. The van der Waals surface area contributed by atoms with E-state index in [0.29, 0.717) is 13.2 Å². The van der Waals surface area contributed by atoms with Crippen LogP contribution in [0.3, 0.4) is 0 Å². The van der Waals surface area contributed by atoms with Crippen molar-refractivity contribution in [2.24, 2.45) is 5.92 Å². The van der Waals surface area contributed by atoms with Crippen LogP contribution >= 0.6 is 0 Å². The van der Waals surface area contributed by atoms with Gasteiger partial charge in [0.25, 0.3) is 0 Å². The molecule has 0 aliphatic rings. The van der Waals surface area contributed by atoms with E-state index in [2.05, 4.69) is 25.8 Å². The molecule has 0 aromatic heterocycles. The molecule has 0 N–H and O–H groups in total. The first-order valence-electron chi connectivity index (χ1n) is 7.16. The lowest BCUT2D eigenvalue weighted by molar-refractivity contribution is 0.0823. The van der Waals surface area contributed by atoms with Gasteiger partial charge < -0.3 is 14.4 Å². The molecule has 108 valence electrons. The maximum Gasteiger partial charge on any atom is 0.119 e. The Morgan fingerprint density at radius 1 is 1.11 bits per heavy atom. The number of likely N-dealkylation sites (N-methyl/N-ethyl adjacent to an activating group) is 1. The standard InChI is InChI=1S/C16H27NO2/c1-4-15(2)14-17(3)10-11-18-12-13-19-16-8-6-5-7-9-16/h5-9,15H,4,10-14H2,1-3H3. The van der Waals surface area contributed by atoms with Gasteiger partial charge in [0.1, 0.15) is 12.4 Å². The van der Waals surface area contributed by atoms with Crippen molar-refractivity contribution >= 4 is 0 Å². The first-order valence-corrected chi connectivity index (χ1v) is 7.16. The third-order valence-corrected chi connectivity index (χ3v) is 3.18. The Morgan fingerprint density at radius 3 is 2.53 bits per heavy atom. The zero-order chi connectivity index (χ0) is 13.9. The average molecular weight is 265 g/mol.